The standard InChI is InChI=1S/C22H26O6/c1-23-11-17(7-15-3-5-19-21(9-15)27-13-25-19)18(12-24-2)8-16-4-6-20-22(10-16)28-14-26-20/h3-6,9-10,17-18H,7-8,11-14H2,1-2H3. The van der Waals surface area contributed by atoms with Crippen molar-refractivity contribution in [3.8, 4) is 23.0 Å². The molecule has 0 bridgehead atoms. The molecule has 0 aliphatic carbocycles. The van der Waals surface area contributed by atoms with Crippen LogP contribution in [0.15, 0.2) is 36.4 Å². The summed E-state index contributed by atoms with van der Waals surface area (Å²) in [6.45, 7) is 1.90. The topological polar surface area (TPSA) is 55.4 Å². The van der Waals surface area contributed by atoms with Crippen LogP contribution >= 0.6 is 0 Å². The second kappa shape index (κ2) is 8.71. The highest BCUT2D eigenvalue weighted by Gasteiger charge is 2.25. The third-order valence-corrected chi connectivity index (χ3v) is 5.30. The number of methoxy groups -OCH3 is 2. The second-order valence-corrected chi connectivity index (χ2v) is 7.21. The van der Waals surface area contributed by atoms with E-state index in [0.717, 1.165) is 35.8 Å². The molecule has 0 fully saturated rings. The van der Waals surface area contributed by atoms with Gasteiger partial charge in [0.15, 0.2) is 23.0 Å². The molecule has 6 nitrogen and oxygen atoms in total. The van der Waals surface area contributed by atoms with Gasteiger partial charge in [-0.1, -0.05) is 12.1 Å². The predicted molar refractivity (Wildman–Crippen MR) is 103 cm³/mol. The lowest BCUT2D eigenvalue weighted by Crippen LogP contribution is -2.27. The predicted octanol–water partition coefficient (Wildman–Crippen LogP) is 3.45. The number of fused-ring (bicyclic) bond motifs is 2. The van der Waals surface area contributed by atoms with Gasteiger partial charge in [-0.3, -0.25) is 0 Å². The zero-order valence-electron chi connectivity index (χ0n) is 16.3. The Hall–Kier alpha value is -2.44. The monoisotopic (exact) mass is 386 g/mol. The maximum atomic E-state index is 5.55. The minimum absolute atomic E-state index is 0.288. The summed E-state index contributed by atoms with van der Waals surface area (Å²) in [5, 5.41) is 0. The summed E-state index contributed by atoms with van der Waals surface area (Å²) in [5.74, 6) is 3.84. The van der Waals surface area contributed by atoms with Crippen LogP contribution in [0.1, 0.15) is 11.1 Å². The normalized spacial score (nSPS) is 16.2. The van der Waals surface area contributed by atoms with Crippen molar-refractivity contribution in [2.24, 2.45) is 11.8 Å². The van der Waals surface area contributed by atoms with Crippen LogP contribution in [-0.2, 0) is 22.3 Å². The van der Waals surface area contributed by atoms with Crippen LogP contribution in [0.4, 0.5) is 0 Å². The van der Waals surface area contributed by atoms with Crippen LogP contribution in [0.3, 0.4) is 0 Å². The molecule has 2 aliphatic heterocycles. The summed E-state index contributed by atoms with van der Waals surface area (Å²) in [7, 11) is 3.49. The number of ether oxygens (including phenoxy) is 6. The molecule has 150 valence electrons. The lowest BCUT2D eigenvalue weighted by molar-refractivity contribution is 0.0697. The Bertz CT molecular complexity index is 738. The maximum absolute atomic E-state index is 5.55. The van der Waals surface area contributed by atoms with E-state index < -0.39 is 0 Å². The van der Waals surface area contributed by atoms with Crippen LogP contribution in [0.5, 0.6) is 23.0 Å². The first-order chi connectivity index (χ1) is 13.8. The van der Waals surface area contributed by atoms with Crippen molar-refractivity contribution in [1.82, 2.24) is 0 Å². The van der Waals surface area contributed by atoms with E-state index in [-0.39, 0.29) is 13.6 Å². The number of hydrogen-bond donors (Lipinski definition) is 0. The quantitative estimate of drug-likeness (QED) is 0.658. The number of benzene rings is 2. The third kappa shape index (κ3) is 4.18. The summed E-state index contributed by atoms with van der Waals surface area (Å²) in [5.41, 5.74) is 2.41. The van der Waals surface area contributed by atoms with Crippen LogP contribution in [-0.4, -0.2) is 41.0 Å². The molecule has 2 aromatic rings. The molecule has 28 heavy (non-hydrogen) atoms. The van der Waals surface area contributed by atoms with Gasteiger partial charge in [-0.05, 0) is 60.1 Å². The van der Waals surface area contributed by atoms with E-state index >= 15 is 0 Å². The molecule has 6 heteroatoms. The molecule has 0 saturated heterocycles. The first-order valence-electron chi connectivity index (χ1n) is 9.51. The van der Waals surface area contributed by atoms with Gasteiger partial charge in [0, 0.05) is 27.4 Å². The number of rotatable bonds is 9. The van der Waals surface area contributed by atoms with Crippen LogP contribution in [0, 0.1) is 11.8 Å². The maximum Gasteiger partial charge on any atom is 0.231 e. The summed E-state index contributed by atoms with van der Waals surface area (Å²) >= 11 is 0. The second-order valence-electron chi connectivity index (χ2n) is 7.21. The average Bonchev–Trinajstić information content (AvgIpc) is 3.35. The Labute approximate surface area is 165 Å². The summed E-state index contributed by atoms with van der Waals surface area (Å²) in [6.07, 6.45) is 1.76. The van der Waals surface area contributed by atoms with Gasteiger partial charge in [0.1, 0.15) is 0 Å². The molecular weight excluding hydrogens is 360 g/mol. The molecule has 2 atom stereocenters. The molecule has 2 aliphatic rings. The lowest BCUT2D eigenvalue weighted by Gasteiger charge is -2.27. The van der Waals surface area contributed by atoms with Crippen molar-refractivity contribution in [3.63, 3.8) is 0 Å². The largest absolute Gasteiger partial charge is 0.454 e. The third-order valence-electron chi connectivity index (χ3n) is 5.30. The molecule has 2 aromatic carbocycles. The van der Waals surface area contributed by atoms with E-state index in [1.54, 1.807) is 14.2 Å². The van der Waals surface area contributed by atoms with E-state index in [1.807, 2.05) is 12.1 Å². The average molecular weight is 386 g/mol. The lowest BCUT2D eigenvalue weighted by atomic mass is 9.83. The van der Waals surface area contributed by atoms with Gasteiger partial charge in [-0.25, -0.2) is 0 Å². The smallest absolute Gasteiger partial charge is 0.231 e. The van der Waals surface area contributed by atoms with Crippen LogP contribution in [0.25, 0.3) is 0 Å². The van der Waals surface area contributed by atoms with Gasteiger partial charge in [-0.2, -0.15) is 0 Å². The summed E-state index contributed by atoms with van der Waals surface area (Å²) in [6, 6.07) is 12.3. The minimum Gasteiger partial charge on any atom is -0.454 e. The van der Waals surface area contributed by atoms with Crippen molar-refractivity contribution < 1.29 is 28.4 Å². The zero-order chi connectivity index (χ0) is 19.3. The Morgan fingerprint density at radius 1 is 0.679 bits per heavy atom. The van der Waals surface area contributed by atoms with Gasteiger partial charge in [0.05, 0.1) is 0 Å². The van der Waals surface area contributed by atoms with Crippen molar-refractivity contribution in [2.75, 3.05) is 41.0 Å². The Morgan fingerprint density at radius 3 is 1.54 bits per heavy atom. The van der Waals surface area contributed by atoms with Gasteiger partial charge >= 0.3 is 0 Å². The fourth-order valence-corrected chi connectivity index (χ4v) is 3.89. The highest BCUT2D eigenvalue weighted by molar-refractivity contribution is 5.45. The van der Waals surface area contributed by atoms with E-state index in [4.69, 9.17) is 28.4 Å². The fourth-order valence-electron chi connectivity index (χ4n) is 3.89. The van der Waals surface area contributed by atoms with Gasteiger partial charge in [-0.15, -0.1) is 0 Å². The molecule has 0 amide bonds. The minimum atomic E-state index is 0.288. The van der Waals surface area contributed by atoms with Gasteiger partial charge in [0.25, 0.3) is 0 Å². The zero-order valence-corrected chi connectivity index (χ0v) is 16.3. The molecule has 0 aromatic heterocycles. The fraction of sp³-hybridized carbons (Fsp3) is 0.455. The Morgan fingerprint density at radius 2 is 1.11 bits per heavy atom. The highest BCUT2D eigenvalue weighted by atomic mass is 16.7. The first-order valence-corrected chi connectivity index (χ1v) is 9.51. The van der Waals surface area contributed by atoms with Crippen molar-refractivity contribution in [3.05, 3.63) is 47.5 Å². The molecule has 2 heterocycles. The van der Waals surface area contributed by atoms with E-state index in [1.165, 1.54) is 11.1 Å². The highest BCUT2D eigenvalue weighted by Crippen LogP contribution is 2.36. The molecule has 2 unspecified atom stereocenters. The Balaban J connectivity index is 1.50. The number of hydrogen-bond acceptors (Lipinski definition) is 6. The SMILES string of the molecule is COCC(Cc1ccc2c(c1)OCO2)C(COC)Cc1ccc2c(c1)OCO2. The van der Waals surface area contributed by atoms with E-state index in [2.05, 4.69) is 24.3 Å². The van der Waals surface area contributed by atoms with Crippen molar-refractivity contribution in [2.45, 2.75) is 12.8 Å². The van der Waals surface area contributed by atoms with Crippen LogP contribution in [0.2, 0.25) is 0 Å². The summed E-state index contributed by atoms with van der Waals surface area (Å²) in [4.78, 5) is 0. The van der Waals surface area contributed by atoms with E-state index in [0.29, 0.717) is 25.0 Å². The Kier molecular flexibility index (Phi) is 5.88. The van der Waals surface area contributed by atoms with Crippen LogP contribution < -0.4 is 18.9 Å². The molecular formula is C22H26O6. The molecule has 4 rings (SSSR count). The first kappa shape index (κ1) is 18.9. The van der Waals surface area contributed by atoms with Gasteiger partial charge < -0.3 is 28.4 Å². The van der Waals surface area contributed by atoms with Crippen molar-refractivity contribution in [1.29, 1.82) is 0 Å². The van der Waals surface area contributed by atoms with Gasteiger partial charge in [0.2, 0.25) is 13.6 Å². The molecule has 0 radical (unpaired) electrons. The van der Waals surface area contributed by atoms with Crippen molar-refractivity contribution >= 4 is 0 Å². The molecule has 0 spiro atoms. The summed E-state index contributed by atoms with van der Waals surface area (Å²) < 4.78 is 33.0. The molecule has 0 saturated carbocycles. The van der Waals surface area contributed by atoms with E-state index in [9.17, 15) is 0 Å². The molecule has 0 N–H and O–H groups in total.